The molecule has 2 heterocycles. The lowest BCUT2D eigenvalue weighted by atomic mass is 10.0. The third kappa shape index (κ3) is 6.02. The number of carbonyl (C=O) groups excluding carboxylic acids is 2. The Bertz CT molecular complexity index is 1080. The summed E-state index contributed by atoms with van der Waals surface area (Å²) in [4.78, 5) is 25.8. The minimum atomic E-state index is -0.532. The number of H-pyrrole nitrogens is 1. The molecule has 31 heavy (non-hydrogen) atoms. The predicted molar refractivity (Wildman–Crippen MR) is 120 cm³/mol. The van der Waals surface area contributed by atoms with E-state index in [1.54, 1.807) is 42.1 Å². The molecule has 3 rings (SSSR count). The molecule has 1 atom stereocenters. The number of methoxy groups -OCH3 is 1. The summed E-state index contributed by atoms with van der Waals surface area (Å²) in [6.07, 6.45) is 0.202. The number of nitrogens with one attached hydrogen (secondary N) is 2. The van der Waals surface area contributed by atoms with Crippen molar-refractivity contribution in [3.8, 4) is 16.5 Å². The second-order valence-corrected chi connectivity index (χ2v) is 7.97. The van der Waals surface area contributed by atoms with Crippen LogP contribution in [0.1, 0.15) is 31.4 Å². The van der Waals surface area contributed by atoms with Gasteiger partial charge in [-0.05, 0) is 48.3 Å². The van der Waals surface area contributed by atoms with E-state index in [0.29, 0.717) is 22.9 Å². The first-order valence-electron chi connectivity index (χ1n) is 9.79. The summed E-state index contributed by atoms with van der Waals surface area (Å²) in [5.41, 5.74) is 0.764. The van der Waals surface area contributed by atoms with Crippen molar-refractivity contribution < 1.29 is 19.1 Å². The molecular weight excluding hydrogens is 436 g/mol. The number of thiophene rings is 1. The maximum atomic E-state index is 12.8. The maximum absolute atomic E-state index is 12.8. The largest absolute Gasteiger partial charge is 0.497 e. The lowest BCUT2D eigenvalue weighted by molar-refractivity contribution is -0.143. The Kier molecular flexibility index (Phi) is 7.96. The Morgan fingerprint density at radius 2 is 2.16 bits per heavy atom. The zero-order chi connectivity index (χ0) is 22.2. The van der Waals surface area contributed by atoms with Gasteiger partial charge in [0.15, 0.2) is 10.6 Å². The van der Waals surface area contributed by atoms with Gasteiger partial charge < -0.3 is 14.8 Å². The van der Waals surface area contributed by atoms with Crippen molar-refractivity contribution in [2.45, 2.75) is 32.4 Å². The predicted octanol–water partition coefficient (Wildman–Crippen LogP) is 3.88. The Morgan fingerprint density at radius 1 is 1.32 bits per heavy atom. The van der Waals surface area contributed by atoms with Crippen LogP contribution in [0.3, 0.4) is 0 Å². The highest BCUT2D eigenvalue weighted by Gasteiger charge is 2.20. The van der Waals surface area contributed by atoms with Crippen LogP contribution in [0.2, 0.25) is 0 Å². The number of amides is 1. The first-order chi connectivity index (χ1) is 15.0. The third-order valence-electron chi connectivity index (χ3n) is 4.57. The van der Waals surface area contributed by atoms with E-state index in [1.807, 2.05) is 29.6 Å². The molecule has 164 valence electrons. The fourth-order valence-electron chi connectivity index (χ4n) is 3.10. The number of aromatic nitrogens is 3. The number of hydrogen-bond donors (Lipinski definition) is 2. The van der Waals surface area contributed by atoms with Gasteiger partial charge in [-0.3, -0.25) is 19.3 Å². The molecule has 1 aromatic carbocycles. The van der Waals surface area contributed by atoms with E-state index in [-0.39, 0.29) is 31.3 Å². The van der Waals surface area contributed by atoms with E-state index in [4.69, 9.17) is 21.7 Å². The maximum Gasteiger partial charge on any atom is 0.308 e. The topological polar surface area (TPSA) is 98.2 Å². The van der Waals surface area contributed by atoms with Gasteiger partial charge in [0, 0.05) is 13.0 Å². The summed E-state index contributed by atoms with van der Waals surface area (Å²) >= 11 is 6.87. The molecule has 0 saturated carbocycles. The van der Waals surface area contributed by atoms with Crippen molar-refractivity contribution >= 4 is 35.4 Å². The average molecular weight is 461 g/mol. The molecule has 3 aromatic rings. The summed E-state index contributed by atoms with van der Waals surface area (Å²) in [5, 5.41) is 12.0. The Hall–Kier alpha value is -2.98. The van der Waals surface area contributed by atoms with Crippen LogP contribution < -0.4 is 10.1 Å². The third-order valence-corrected chi connectivity index (χ3v) is 5.75. The lowest BCUT2D eigenvalue weighted by Crippen LogP contribution is -2.31. The Balaban J connectivity index is 1.71. The molecule has 1 amide bonds. The van der Waals surface area contributed by atoms with Crippen LogP contribution >= 0.6 is 23.6 Å². The Morgan fingerprint density at radius 3 is 2.87 bits per heavy atom. The number of benzene rings is 1. The molecule has 0 aliphatic rings. The normalized spacial score (nSPS) is 11.7. The number of carbonyl (C=O) groups is 2. The van der Waals surface area contributed by atoms with Crippen LogP contribution in [-0.4, -0.2) is 40.4 Å². The summed E-state index contributed by atoms with van der Waals surface area (Å²) < 4.78 is 12.6. The molecule has 1 unspecified atom stereocenters. The molecule has 0 fully saturated rings. The van der Waals surface area contributed by atoms with E-state index in [1.165, 1.54) is 0 Å². The van der Waals surface area contributed by atoms with Crippen LogP contribution in [0.4, 0.5) is 0 Å². The van der Waals surface area contributed by atoms with E-state index >= 15 is 0 Å². The number of hydrogen-bond acceptors (Lipinski definition) is 7. The van der Waals surface area contributed by atoms with E-state index in [0.717, 1.165) is 10.4 Å². The second kappa shape index (κ2) is 10.9. The second-order valence-electron chi connectivity index (χ2n) is 6.64. The standard InChI is InChI=1S/C21H24N4O4S2/c1-3-29-19(27)13-16(14-6-4-7-15(12-14)28-2)22-18(26)9-10-25-20(23-24-21(25)30)17-8-5-11-31-17/h4-8,11-12,16H,3,9-10,13H2,1-2H3,(H,22,26)(H,24,30). The van der Waals surface area contributed by atoms with Gasteiger partial charge in [0.1, 0.15) is 5.75 Å². The average Bonchev–Trinajstić information content (AvgIpc) is 3.41. The molecule has 0 bridgehead atoms. The van der Waals surface area contributed by atoms with Crippen molar-refractivity contribution in [2.24, 2.45) is 0 Å². The lowest BCUT2D eigenvalue weighted by Gasteiger charge is -2.19. The van der Waals surface area contributed by atoms with Crippen molar-refractivity contribution in [1.29, 1.82) is 0 Å². The molecule has 10 heteroatoms. The van der Waals surface area contributed by atoms with Gasteiger partial charge in [-0.1, -0.05) is 18.2 Å². The number of aromatic amines is 1. The van der Waals surface area contributed by atoms with Gasteiger partial charge in [-0.15, -0.1) is 11.3 Å². The number of rotatable bonds is 10. The van der Waals surface area contributed by atoms with E-state index in [2.05, 4.69) is 15.5 Å². The molecule has 0 spiro atoms. The van der Waals surface area contributed by atoms with Crippen molar-refractivity contribution in [3.63, 3.8) is 0 Å². The number of nitrogens with zero attached hydrogens (tertiary/aromatic N) is 2. The SMILES string of the molecule is CCOC(=O)CC(NC(=O)CCn1c(-c2cccs2)n[nH]c1=S)c1cccc(OC)c1. The van der Waals surface area contributed by atoms with Crippen LogP contribution in [0.5, 0.6) is 5.75 Å². The van der Waals surface area contributed by atoms with Crippen LogP contribution in [-0.2, 0) is 20.9 Å². The van der Waals surface area contributed by atoms with Gasteiger partial charge in [0.05, 0.1) is 31.1 Å². The molecule has 2 N–H and O–H groups in total. The quantitative estimate of drug-likeness (QED) is 0.352. The fourth-order valence-corrected chi connectivity index (χ4v) is 4.04. The smallest absolute Gasteiger partial charge is 0.308 e. The molecule has 0 aliphatic heterocycles. The van der Waals surface area contributed by atoms with Crippen LogP contribution in [0.15, 0.2) is 41.8 Å². The minimum Gasteiger partial charge on any atom is -0.497 e. The summed E-state index contributed by atoms with van der Waals surface area (Å²) in [5.74, 6) is 0.750. The summed E-state index contributed by atoms with van der Waals surface area (Å²) in [7, 11) is 1.57. The first-order valence-corrected chi connectivity index (χ1v) is 11.1. The van der Waals surface area contributed by atoms with Crippen molar-refractivity contribution in [3.05, 3.63) is 52.1 Å². The van der Waals surface area contributed by atoms with Gasteiger partial charge in [-0.2, -0.15) is 5.10 Å². The molecule has 0 aliphatic carbocycles. The highest BCUT2D eigenvalue weighted by atomic mass is 32.1. The molecule has 0 saturated heterocycles. The summed E-state index contributed by atoms with van der Waals surface area (Å²) in [6, 6.07) is 10.6. The molecule has 8 nitrogen and oxygen atoms in total. The number of esters is 1. The van der Waals surface area contributed by atoms with Crippen LogP contribution in [0.25, 0.3) is 10.7 Å². The highest BCUT2D eigenvalue weighted by molar-refractivity contribution is 7.71. The van der Waals surface area contributed by atoms with Crippen LogP contribution in [0, 0.1) is 4.77 Å². The minimum absolute atomic E-state index is 0.0261. The molecule has 0 radical (unpaired) electrons. The monoisotopic (exact) mass is 460 g/mol. The van der Waals surface area contributed by atoms with Gasteiger partial charge in [-0.25, -0.2) is 0 Å². The number of ether oxygens (including phenoxy) is 2. The highest BCUT2D eigenvalue weighted by Crippen LogP contribution is 2.24. The van der Waals surface area contributed by atoms with E-state index in [9.17, 15) is 9.59 Å². The zero-order valence-electron chi connectivity index (χ0n) is 17.3. The van der Waals surface area contributed by atoms with Crippen molar-refractivity contribution in [2.75, 3.05) is 13.7 Å². The Labute approximate surface area is 189 Å². The van der Waals surface area contributed by atoms with Gasteiger partial charge >= 0.3 is 5.97 Å². The first kappa shape index (κ1) is 22.7. The van der Waals surface area contributed by atoms with Gasteiger partial charge in [0.25, 0.3) is 0 Å². The zero-order valence-corrected chi connectivity index (χ0v) is 18.9. The molecular formula is C21H24N4O4S2. The van der Waals surface area contributed by atoms with E-state index < -0.39 is 6.04 Å². The fraction of sp³-hybridized carbons (Fsp3) is 0.333. The van der Waals surface area contributed by atoms with Gasteiger partial charge in [0.2, 0.25) is 5.91 Å². The van der Waals surface area contributed by atoms with Crippen molar-refractivity contribution in [1.82, 2.24) is 20.1 Å². The summed E-state index contributed by atoms with van der Waals surface area (Å²) in [6.45, 7) is 2.39. The molecule has 2 aromatic heterocycles.